The van der Waals surface area contributed by atoms with E-state index in [1.54, 1.807) is 4.90 Å². The number of aryl methyl sites for hydroxylation is 2. The number of aliphatic hydroxyl groups is 1. The summed E-state index contributed by atoms with van der Waals surface area (Å²) in [5.74, 6) is 0.888. The van der Waals surface area contributed by atoms with Crippen molar-refractivity contribution in [2.24, 2.45) is 5.92 Å². The number of nitrogens with zero attached hydrogens (tertiary/aromatic N) is 3. The summed E-state index contributed by atoms with van der Waals surface area (Å²) in [6.07, 6.45) is 7.96. The van der Waals surface area contributed by atoms with E-state index in [-0.39, 0.29) is 12.5 Å². The lowest BCUT2D eigenvalue weighted by atomic mass is 9.86. The smallest absolute Gasteiger partial charge is 0.316 e. The second-order valence-electron chi connectivity index (χ2n) is 7.54. The Kier molecular flexibility index (Phi) is 8.29. The lowest BCUT2D eigenvalue weighted by Crippen LogP contribution is -2.31. The average molecular weight is 364 g/mol. The maximum absolute atomic E-state index is 12.2. The summed E-state index contributed by atoms with van der Waals surface area (Å²) < 4.78 is 5.47. The van der Waals surface area contributed by atoms with E-state index in [4.69, 9.17) is 4.74 Å². The summed E-state index contributed by atoms with van der Waals surface area (Å²) in [5.41, 5.74) is 1.68. The second kappa shape index (κ2) is 10.5. The van der Waals surface area contributed by atoms with E-state index >= 15 is 0 Å². The number of rotatable bonds is 9. The minimum atomic E-state index is -0.645. The van der Waals surface area contributed by atoms with Crippen LogP contribution in [0.2, 0.25) is 0 Å². The summed E-state index contributed by atoms with van der Waals surface area (Å²) in [7, 11) is 1.81. The van der Waals surface area contributed by atoms with Gasteiger partial charge in [-0.3, -0.25) is 4.79 Å². The lowest BCUT2D eigenvalue weighted by molar-refractivity contribution is -0.130. The van der Waals surface area contributed by atoms with Gasteiger partial charge >= 0.3 is 6.01 Å². The predicted octanol–water partition coefficient (Wildman–Crippen LogP) is 3.04. The number of amides is 1. The molecular weight excluding hydrogens is 330 g/mol. The summed E-state index contributed by atoms with van der Waals surface area (Å²) in [5, 5.41) is 10.1. The minimum Gasteiger partial charge on any atom is -0.461 e. The Bertz CT molecular complexity index is 553. The molecule has 0 saturated heterocycles. The van der Waals surface area contributed by atoms with Crippen LogP contribution in [0.15, 0.2) is 6.07 Å². The van der Waals surface area contributed by atoms with E-state index < -0.39 is 6.10 Å². The molecule has 0 bridgehead atoms. The zero-order valence-electron chi connectivity index (χ0n) is 16.4. The van der Waals surface area contributed by atoms with Gasteiger partial charge < -0.3 is 14.7 Å². The highest BCUT2D eigenvalue weighted by Crippen LogP contribution is 2.27. The van der Waals surface area contributed by atoms with Crippen LogP contribution in [-0.2, 0) is 4.79 Å². The van der Waals surface area contributed by atoms with Gasteiger partial charge in [-0.25, -0.2) is 9.97 Å². The third-order valence-corrected chi connectivity index (χ3v) is 5.08. The largest absolute Gasteiger partial charge is 0.461 e. The Morgan fingerprint density at radius 1 is 1.27 bits per heavy atom. The van der Waals surface area contributed by atoms with E-state index in [1.807, 2.05) is 27.0 Å². The normalized spacial score (nSPS) is 16.3. The van der Waals surface area contributed by atoms with E-state index in [1.165, 1.54) is 32.1 Å². The van der Waals surface area contributed by atoms with Gasteiger partial charge in [0.15, 0.2) is 0 Å². The molecule has 6 nitrogen and oxygen atoms in total. The van der Waals surface area contributed by atoms with Crippen molar-refractivity contribution < 1.29 is 14.6 Å². The molecule has 26 heavy (non-hydrogen) atoms. The third-order valence-electron chi connectivity index (χ3n) is 5.08. The third kappa shape index (κ3) is 7.28. The summed E-state index contributed by atoms with van der Waals surface area (Å²) in [6, 6.07) is 2.16. The van der Waals surface area contributed by atoms with E-state index in [0.29, 0.717) is 25.4 Å². The fraction of sp³-hybridized carbons (Fsp3) is 0.750. The van der Waals surface area contributed by atoms with Gasteiger partial charge in [0, 0.05) is 31.4 Å². The quantitative estimate of drug-likeness (QED) is 0.730. The fourth-order valence-electron chi connectivity index (χ4n) is 3.47. The molecule has 1 amide bonds. The van der Waals surface area contributed by atoms with Crippen LogP contribution >= 0.6 is 0 Å². The van der Waals surface area contributed by atoms with Crippen molar-refractivity contribution in [3.63, 3.8) is 0 Å². The molecule has 1 aliphatic rings. The molecule has 1 N–H and O–H groups in total. The van der Waals surface area contributed by atoms with Gasteiger partial charge in [0.2, 0.25) is 5.91 Å². The molecule has 1 heterocycles. The first kappa shape index (κ1) is 20.6. The van der Waals surface area contributed by atoms with Gasteiger partial charge in [0.25, 0.3) is 0 Å². The van der Waals surface area contributed by atoms with Gasteiger partial charge in [-0.15, -0.1) is 0 Å². The van der Waals surface area contributed by atoms with Crippen LogP contribution in [0, 0.1) is 19.8 Å². The summed E-state index contributed by atoms with van der Waals surface area (Å²) in [4.78, 5) is 22.3. The van der Waals surface area contributed by atoms with Gasteiger partial charge in [-0.05, 0) is 38.7 Å². The molecule has 0 aliphatic heterocycles. The van der Waals surface area contributed by atoms with Crippen LogP contribution in [0.5, 0.6) is 6.01 Å². The first-order valence-corrected chi connectivity index (χ1v) is 9.81. The molecule has 1 unspecified atom stereocenters. The van der Waals surface area contributed by atoms with Crippen molar-refractivity contribution >= 4 is 5.91 Å². The molecule has 146 valence electrons. The number of carbonyl (C=O) groups is 1. The van der Waals surface area contributed by atoms with Crippen LogP contribution in [0.25, 0.3) is 0 Å². The molecule has 2 rings (SSSR count). The molecule has 1 aromatic heterocycles. The Morgan fingerprint density at radius 3 is 2.58 bits per heavy atom. The van der Waals surface area contributed by atoms with Crippen molar-refractivity contribution in [2.75, 3.05) is 20.2 Å². The minimum absolute atomic E-state index is 0.132. The van der Waals surface area contributed by atoms with Gasteiger partial charge in [-0.1, -0.05) is 32.1 Å². The number of aromatic nitrogens is 2. The van der Waals surface area contributed by atoms with Crippen molar-refractivity contribution in [3.05, 3.63) is 17.5 Å². The maximum Gasteiger partial charge on any atom is 0.316 e. The number of hydrogen-bond donors (Lipinski definition) is 1. The molecule has 1 aliphatic carbocycles. The van der Waals surface area contributed by atoms with E-state index in [0.717, 1.165) is 23.7 Å². The Hall–Kier alpha value is -1.69. The number of carbonyl (C=O) groups excluding carboxylic acids is 1. The van der Waals surface area contributed by atoms with Gasteiger partial charge in [0.05, 0.1) is 6.10 Å². The van der Waals surface area contributed by atoms with Crippen LogP contribution in [0.4, 0.5) is 0 Å². The van der Waals surface area contributed by atoms with Crippen LogP contribution in [0.1, 0.15) is 62.8 Å². The molecule has 0 aromatic carbocycles. The zero-order chi connectivity index (χ0) is 18.9. The molecule has 1 saturated carbocycles. The van der Waals surface area contributed by atoms with Crippen molar-refractivity contribution in [1.82, 2.24) is 14.9 Å². The predicted molar refractivity (Wildman–Crippen MR) is 101 cm³/mol. The van der Waals surface area contributed by atoms with Crippen molar-refractivity contribution in [2.45, 2.75) is 71.3 Å². The average Bonchev–Trinajstić information content (AvgIpc) is 2.62. The molecule has 0 radical (unpaired) electrons. The van der Waals surface area contributed by atoms with Crippen LogP contribution < -0.4 is 4.74 Å². The van der Waals surface area contributed by atoms with Gasteiger partial charge in [0.1, 0.15) is 6.61 Å². The van der Waals surface area contributed by atoms with E-state index in [2.05, 4.69) is 9.97 Å². The Balaban J connectivity index is 1.63. The highest BCUT2D eigenvalue weighted by Gasteiger charge is 2.17. The topological polar surface area (TPSA) is 75.6 Å². The van der Waals surface area contributed by atoms with Crippen LogP contribution in [0.3, 0.4) is 0 Å². The number of hydrogen-bond acceptors (Lipinski definition) is 5. The SMILES string of the molecule is Cc1cc(C)nc(OCC(O)CCN(C)C(=O)CCC2CCCCC2)n1. The maximum atomic E-state index is 12.2. The van der Waals surface area contributed by atoms with Gasteiger partial charge in [-0.2, -0.15) is 0 Å². The Labute approximate surface area is 157 Å². The second-order valence-corrected chi connectivity index (χ2v) is 7.54. The summed E-state index contributed by atoms with van der Waals surface area (Å²) in [6.45, 7) is 4.42. The van der Waals surface area contributed by atoms with Crippen molar-refractivity contribution in [1.29, 1.82) is 0 Å². The molecule has 1 atom stereocenters. The van der Waals surface area contributed by atoms with Crippen LogP contribution in [-0.4, -0.2) is 52.2 Å². The highest BCUT2D eigenvalue weighted by atomic mass is 16.5. The molecule has 6 heteroatoms. The highest BCUT2D eigenvalue weighted by molar-refractivity contribution is 5.75. The molecule has 1 fully saturated rings. The molecule has 0 spiro atoms. The summed E-state index contributed by atoms with van der Waals surface area (Å²) >= 11 is 0. The standard InChI is InChI=1S/C20H33N3O3/c1-15-13-16(2)22-20(21-15)26-14-18(24)11-12-23(3)19(25)10-9-17-7-5-4-6-8-17/h13,17-18,24H,4-12,14H2,1-3H3. The lowest BCUT2D eigenvalue weighted by Gasteiger charge is -2.23. The Morgan fingerprint density at radius 2 is 1.92 bits per heavy atom. The number of aliphatic hydroxyl groups excluding tert-OH is 1. The van der Waals surface area contributed by atoms with E-state index in [9.17, 15) is 9.90 Å². The van der Waals surface area contributed by atoms with Crippen molar-refractivity contribution in [3.8, 4) is 6.01 Å². The monoisotopic (exact) mass is 363 g/mol. The number of ether oxygens (including phenoxy) is 1. The first-order chi connectivity index (χ1) is 12.4. The fourth-order valence-corrected chi connectivity index (χ4v) is 3.47. The zero-order valence-corrected chi connectivity index (χ0v) is 16.4. The molecular formula is C20H33N3O3. The first-order valence-electron chi connectivity index (χ1n) is 9.81. The molecule has 1 aromatic rings.